The van der Waals surface area contributed by atoms with Gasteiger partial charge in [0.15, 0.2) is 0 Å². The molecule has 0 bridgehead atoms. The summed E-state index contributed by atoms with van der Waals surface area (Å²) in [4.78, 5) is 11.5. The van der Waals surface area contributed by atoms with Gasteiger partial charge in [-0.3, -0.25) is 4.79 Å². The number of hydrogen-bond acceptors (Lipinski definition) is 3. The van der Waals surface area contributed by atoms with Gasteiger partial charge in [0.25, 0.3) is 0 Å². The van der Waals surface area contributed by atoms with Gasteiger partial charge in [0.2, 0.25) is 0 Å². The maximum absolute atomic E-state index is 11.5. The largest absolute Gasteiger partial charge is 0.313 e. The zero-order valence-electron chi connectivity index (χ0n) is 14.3. The van der Waals surface area contributed by atoms with Crippen LogP contribution in [0.5, 0.6) is 0 Å². The highest BCUT2D eigenvalue weighted by Crippen LogP contribution is 2.46. The summed E-state index contributed by atoms with van der Waals surface area (Å²) in [6.07, 6.45) is 11.4. The van der Waals surface area contributed by atoms with Gasteiger partial charge in [-0.25, -0.2) is 0 Å². The van der Waals surface area contributed by atoms with E-state index < -0.39 is 0 Å². The van der Waals surface area contributed by atoms with Crippen molar-refractivity contribution in [2.24, 2.45) is 23.7 Å². The average molecular weight is 307 g/mol. The molecule has 4 atom stereocenters. The van der Waals surface area contributed by atoms with Gasteiger partial charge in [-0.05, 0) is 62.2 Å². The molecule has 2 saturated carbocycles. The van der Waals surface area contributed by atoms with Crippen LogP contribution in [0.3, 0.4) is 0 Å². The zero-order valence-corrected chi connectivity index (χ0v) is 14.3. The highest BCUT2D eigenvalue weighted by Gasteiger charge is 2.49. The minimum Gasteiger partial charge on any atom is -0.313 e. The van der Waals surface area contributed by atoms with Crippen LogP contribution in [-0.4, -0.2) is 28.1 Å². The SMILES string of the molecule is CC[C@H](C1CCC(=O)CC1)[C@H](CC)C1CCC2C(CC1)N2O. The van der Waals surface area contributed by atoms with Crippen LogP contribution in [0.15, 0.2) is 0 Å². The first-order valence-electron chi connectivity index (χ1n) is 9.64. The van der Waals surface area contributed by atoms with Gasteiger partial charge < -0.3 is 5.21 Å². The lowest BCUT2D eigenvalue weighted by Gasteiger charge is -2.39. The normalized spacial score (nSPS) is 39.0. The molecule has 0 aromatic heterocycles. The van der Waals surface area contributed by atoms with Crippen LogP contribution >= 0.6 is 0 Å². The molecule has 2 aliphatic carbocycles. The van der Waals surface area contributed by atoms with Crippen molar-refractivity contribution < 1.29 is 10.0 Å². The summed E-state index contributed by atoms with van der Waals surface area (Å²) in [7, 11) is 0. The third-order valence-corrected chi connectivity index (χ3v) is 6.99. The van der Waals surface area contributed by atoms with Crippen LogP contribution in [0, 0.1) is 23.7 Å². The predicted octanol–water partition coefficient (Wildman–Crippen LogP) is 4.43. The minimum absolute atomic E-state index is 0.467. The molecule has 126 valence electrons. The standard InChI is InChI=1S/C19H33NO2/c1-3-16(13-5-9-15(21)10-6-13)17(4-2)14-7-11-18-19(12-8-14)20(18)22/h13-14,16-19,22H,3-12H2,1-2H3/t14?,16-,17-,18?,19?,20?/m1/s1. The average Bonchev–Trinajstić information content (AvgIpc) is 3.21. The van der Waals surface area contributed by atoms with E-state index in [9.17, 15) is 10.0 Å². The van der Waals surface area contributed by atoms with Crippen molar-refractivity contribution in [3.05, 3.63) is 0 Å². The van der Waals surface area contributed by atoms with Gasteiger partial charge in [0.05, 0.1) is 12.1 Å². The molecule has 1 N–H and O–H groups in total. The number of carbonyl (C=O) groups is 1. The Morgan fingerprint density at radius 1 is 0.909 bits per heavy atom. The van der Waals surface area contributed by atoms with Crippen molar-refractivity contribution in [2.75, 3.05) is 0 Å². The lowest BCUT2D eigenvalue weighted by atomic mass is 9.66. The number of nitrogens with zero attached hydrogens (tertiary/aromatic N) is 1. The first kappa shape index (κ1) is 16.4. The molecule has 1 aliphatic heterocycles. The van der Waals surface area contributed by atoms with Gasteiger partial charge in [0, 0.05) is 12.8 Å². The Morgan fingerprint density at radius 2 is 1.36 bits per heavy atom. The minimum atomic E-state index is 0.467. The second kappa shape index (κ2) is 7.00. The Kier molecular flexibility index (Phi) is 5.24. The Hall–Kier alpha value is -0.410. The Labute approximate surface area is 135 Å². The van der Waals surface area contributed by atoms with Crippen LogP contribution in [0.25, 0.3) is 0 Å². The first-order chi connectivity index (χ1) is 10.7. The monoisotopic (exact) mass is 307 g/mol. The highest BCUT2D eigenvalue weighted by atomic mass is 16.5. The molecule has 0 radical (unpaired) electrons. The Bertz CT molecular complexity index is 373. The van der Waals surface area contributed by atoms with Crippen LogP contribution in [0.4, 0.5) is 0 Å². The number of ketones is 1. The molecule has 1 saturated heterocycles. The van der Waals surface area contributed by atoms with Gasteiger partial charge in [-0.15, -0.1) is 0 Å². The highest BCUT2D eigenvalue weighted by molar-refractivity contribution is 5.79. The van der Waals surface area contributed by atoms with Crippen molar-refractivity contribution >= 4 is 5.78 Å². The molecule has 22 heavy (non-hydrogen) atoms. The zero-order chi connectivity index (χ0) is 15.7. The van der Waals surface area contributed by atoms with E-state index in [1.165, 1.54) is 38.5 Å². The van der Waals surface area contributed by atoms with E-state index in [4.69, 9.17) is 0 Å². The van der Waals surface area contributed by atoms with Crippen molar-refractivity contribution in [1.29, 1.82) is 0 Å². The van der Waals surface area contributed by atoms with Gasteiger partial charge in [-0.1, -0.05) is 26.7 Å². The molecule has 3 heteroatoms. The van der Waals surface area contributed by atoms with Crippen molar-refractivity contribution in [3.8, 4) is 0 Å². The second-order valence-electron chi connectivity index (χ2n) is 7.95. The van der Waals surface area contributed by atoms with Crippen molar-refractivity contribution in [3.63, 3.8) is 0 Å². The molecule has 0 aromatic rings. The van der Waals surface area contributed by atoms with E-state index in [1.54, 1.807) is 5.06 Å². The molecule has 3 fully saturated rings. The molecular formula is C19H33NO2. The summed E-state index contributed by atoms with van der Waals surface area (Å²) in [6, 6.07) is 0.935. The molecule has 0 amide bonds. The topological polar surface area (TPSA) is 40.3 Å². The second-order valence-corrected chi connectivity index (χ2v) is 7.95. The fourth-order valence-electron chi connectivity index (χ4n) is 5.67. The van der Waals surface area contributed by atoms with Gasteiger partial charge >= 0.3 is 0 Å². The quantitative estimate of drug-likeness (QED) is 0.764. The maximum atomic E-state index is 11.5. The van der Waals surface area contributed by atoms with E-state index in [-0.39, 0.29) is 0 Å². The Morgan fingerprint density at radius 3 is 1.82 bits per heavy atom. The third-order valence-electron chi connectivity index (χ3n) is 6.99. The van der Waals surface area contributed by atoms with Crippen molar-refractivity contribution in [2.45, 2.75) is 90.1 Å². The van der Waals surface area contributed by atoms with E-state index in [1.807, 2.05) is 0 Å². The third kappa shape index (κ3) is 3.26. The van der Waals surface area contributed by atoms with E-state index >= 15 is 0 Å². The van der Waals surface area contributed by atoms with E-state index in [0.29, 0.717) is 17.9 Å². The summed E-state index contributed by atoms with van der Waals surface area (Å²) in [5.74, 6) is 3.74. The number of hydroxylamine groups is 2. The summed E-state index contributed by atoms with van der Waals surface area (Å²) in [6.45, 7) is 4.72. The summed E-state index contributed by atoms with van der Waals surface area (Å²) in [5, 5.41) is 11.3. The summed E-state index contributed by atoms with van der Waals surface area (Å²) < 4.78 is 0. The molecule has 2 unspecified atom stereocenters. The van der Waals surface area contributed by atoms with Gasteiger partial charge in [0.1, 0.15) is 5.78 Å². The van der Waals surface area contributed by atoms with Crippen LogP contribution in [0.2, 0.25) is 0 Å². The fraction of sp³-hybridized carbons (Fsp3) is 0.947. The molecular weight excluding hydrogens is 274 g/mol. The number of fused-ring (bicyclic) bond motifs is 1. The summed E-state index contributed by atoms with van der Waals surface area (Å²) in [5.41, 5.74) is 0. The summed E-state index contributed by atoms with van der Waals surface area (Å²) >= 11 is 0. The number of Topliss-reactive ketones (excluding diaryl/α,β-unsaturated/α-hetero) is 1. The van der Waals surface area contributed by atoms with E-state index in [0.717, 1.165) is 49.4 Å². The first-order valence-corrected chi connectivity index (χ1v) is 9.64. The molecule has 1 heterocycles. The molecule has 3 aliphatic rings. The molecule has 0 aromatic carbocycles. The Balaban J connectivity index is 1.62. The lowest BCUT2D eigenvalue weighted by Crippen LogP contribution is -2.31. The lowest BCUT2D eigenvalue weighted by molar-refractivity contribution is -0.121. The molecule has 3 rings (SSSR count). The van der Waals surface area contributed by atoms with Crippen molar-refractivity contribution in [1.82, 2.24) is 5.06 Å². The molecule has 0 spiro atoms. The van der Waals surface area contributed by atoms with E-state index in [2.05, 4.69) is 13.8 Å². The smallest absolute Gasteiger partial charge is 0.132 e. The molecule has 3 nitrogen and oxygen atoms in total. The number of rotatable bonds is 5. The van der Waals surface area contributed by atoms with Crippen LogP contribution in [0.1, 0.15) is 78.1 Å². The van der Waals surface area contributed by atoms with Gasteiger partial charge in [-0.2, -0.15) is 5.06 Å². The number of carbonyl (C=O) groups excluding carboxylic acids is 1. The van der Waals surface area contributed by atoms with Crippen LogP contribution in [-0.2, 0) is 4.79 Å². The maximum Gasteiger partial charge on any atom is 0.132 e. The van der Waals surface area contributed by atoms with Crippen LogP contribution < -0.4 is 0 Å². The number of hydrogen-bond donors (Lipinski definition) is 1. The predicted molar refractivity (Wildman–Crippen MR) is 87.7 cm³/mol. The fourth-order valence-corrected chi connectivity index (χ4v) is 5.67.